The van der Waals surface area contributed by atoms with Gasteiger partial charge in [-0.05, 0) is 95.5 Å². The molecule has 0 aromatic rings. The van der Waals surface area contributed by atoms with Gasteiger partial charge in [-0.3, -0.25) is 9.59 Å². The zero-order chi connectivity index (χ0) is 45.0. The topological polar surface area (TPSA) is 203 Å². The third kappa shape index (κ3) is 12.8. The summed E-state index contributed by atoms with van der Waals surface area (Å²) >= 11 is 0. The molecule has 15 nitrogen and oxygen atoms in total. The van der Waals surface area contributed by atoms with E-state index in [9.17, 15) is 34.8 Å². The van der Waals surface area contributed by atoms with Gasteiger partial charge in [0.25, 0.3) is 11.7 Å². The highest BCUT2D eigenvalue weighted by Crippen LogP contribution is 2.39. The minimum Gasteiger partial charge on any atom is -0.456 e. The van der Waals surface area contributed by atoms with E-state index in [2.05, 4.69) is 24.7 Å². The molecule has 1 saturated carbocycles. The van der Waals surface area contributed by atoms with E-state index in [1.165, 1.54) is 19.1 Å². The Morgan fingerprint density at radius 1 is 0.967 bits per heavy atom. The number of oxime groups is 1. The molecule has 15 heteroatoms. The van der Waals surface area contributed by atoms with Crippen LogP contribution in [0.5, 0.6) is 0 Å². The number of ether oxygens (including phenoxy) is 5. The maximum absolute atomic E-state index is 14.5. The van der Waals surface area contributed by atoms with Gasteiger partial charge >= 0.3 is 5.97 Å². The second kappa shape index (κ2) is 23.6. The van der Waals surface area contributed by atoms with Gasteiger partial charge in [0.2, 0.25) is 5.79 Å². The lowest BCUT2D eigenvalue weighted by atomic mass is 9.81. The minimum atomic E-state index is -2.52. The van der Waals surface area contributed by atoms with Crippen LogP contribution in [-0.2, 0) is 42.9 Å². The molecule has 0 aromatic heterocycles. The average Bonchev–Trinajstić information content (AvgIpc) is 3.24. The number of ketones is 1. The van der Waals surface area contributed by atoms with Gasteiger partial charge < -0.3 is 53.8 Å². The Bertz CT molecular complexity index is 1570. The molecule has 2 bridgehead atoms. The number of nitrogens with zero attached hydrogens (tertiary/aromatic N) is 2. The summed E-state index contributed by atoms with van der Waals surface area (Å²) in [6, 6.07) is -1.15. The van der Waals surface area contributed by atoms with Crippen LogP contribution in [0.1, 0.15) is 105 Å². The number of cyclic esters (lactones) is 1. The Morgan fingerprint density at radius 2 is 1.66 bits per heavy atom. The van der Waals surface area contributed by atoms with Gasteiger partial charge in [0.15, 0.2) is 0 Å². The molecule has 2 saturated heterocycles. The number of Topliss-reactive ketones (excluding diaryl/α,β-unsaturated/α-hetero) is 1. The lowest BCUT2D eigenvalue weighted by molar-refractivity contribution is -0.302. The molecule has 0 radical (unpaired) electrons. The zero-order valence-corrected chi connectivity index (χ0v) is 37.7. The maximum atomic E-state index is 14.5. The van der Waals surface area contributed by atoms with E-state index >= 15 is 0 Å². The Balaban J connectivity index is 1.84. The van der Waals surface area contributed by atoms with Gasteiger partial charge in [0, 0.05) is 52.0 Å². The number of rotatable bonds is 10. The highest BCUT2D eigenvalue weighted by atomic mass is 16.7. The molecule has 0 spiro atoms. The van der Waals surface area contributed by atoms with Crippen molar-refractivity contribution in [2.75, 3.05) is 41.1 Å². The molecule has 1 amide bonds. The summed E-state index contributed by atoms with van der Waals surface area (Å²) in [5.74, 6) is -7.34. The van der Waals surface area contributed by atoms with Gasteiger partial charge in [-0.15, -0.1) is 6.58 Å². The quantitative estimate of drug-likeness (QED) is 0.0791. The Kier molecular flexibility index (Phi) is 19.6. The number of amides is 1. The van der Waals surface area contributed by atoms with Gasteiger partial charge in [-0.2, -0.15) is 0 Å². The third-order valence-electron chi connectivity index (χ3n) is 13.3. The number of hydrogen-bond donors (Lipinski definition) is 4. The third-order valence-corrected chi connectivity index (χ3v) is 13.3. The van der Waals surface area contributed by atoms with E-state index in [-0.39, 0.29) is 62.9 Å². The molecule has 1 aliphatic carbocycles. The molecule has 346 valence electrons. The molecule has 61 heavy (non-hydrogen) atoms. The van der Waals surface area contributed by atoms with Crippen molar-refractivity contribution in [3.63, 3.8) is 0 Å². The van der Waals surface area contributed by atoms with E-state index in [0.717, 1.165) is 5.57 Å². The van der Waals surface area contributed by atoms with Crippen LogP contribution in [0, 0.1) is 29.6 Å². The minimum absolute atomic E-state index is 0.0131. The summed E-state index contributed by atoms with van der Waals surface area (Å²) in [6.07, 6.45) is 5.63. The van der Waals surface area contributed by atoms with Crippen molar-refractivity contribution in [3.8, 4) is 0 Å². The first-order valence-electron chi connectivity index (χ1n) is 22.2. The molecule has 0 aromatic carbocycles. The van der Waals surface area contributed by atoms with Crippen LogP contribution in [0.2, 0.25) is 0 Å². The summed E-state index contributed by atoms with van der Waals surface area (Å²) in [5, 5.41) is 48.6. The number of fused-ring (bicyclic) bond motifs is 3. The highest BCUT2D eigenvalue weighted by Gasteiger charge is 2.56. The zero-order valence-electron chi connectivity index (χ0n) is 37.7. The van der Waals surface area contributed by atoms with Crippen molar-refractivity contribution in [2.24, 2.45) is 34.7 Å². The summed E-state index contributed by atoms with van der Waals surface area (Å²) in [6.45, 7) is 13.1. The van der Waals surface area contributed by atoms with Crippen LogP contribution in [0.3, 0.4) is 0 Å². The monoisotopic (exact) mass is 863 g/mol. The van der Waals surface area contributed by atoms with Crippen LogP contribution < -0.4 is 0 Å². The van der Waals surface area contributed by atoms with Crippen LogP contribution in [-0.4, -0.2) is 144 Å². The fourth-order valence-corrected chi connectivity index (χ4v) is 9.72. The van der Waals surface area contributed by atoms with Crippen molar-refractivity contribution in [2.45, 2.75) is 160 Å². The van der Waals surface area contributed by atoms with Crippen molar-refractivity contribution in [1.82, 2.24) is 4.90 Å². The van der Waals surface area contributed by atoms with Crippen molar-refractivity contribution in [3.05, 3.63) is 36.0 Å². The smallest absolute Gasteiger partial charge is 0.329 e. The Labute approximate surface area is 362 Å². The molecule has 3 fully saturated rings. The standard InChI is InChI=1S/C46H74N2O13/c1-10-13-33-21-27(2)20-28(3)22-39(57-8)42-40(58-9)24-30(5)46(55,61-42)43(52)44(53)48-17-12-11-14-35(48)45(54)60-41(31(6)37(51)26-34(33)47-59-19-18-49)29(4)23-32-15-16-36(50)38(25-32)56-7/h10,21,23,28,30-33,35-42,49-51,55H,1,11-20,22,24-26H2,2-9H3/b27-21+,29-23+,47-34-/t28-,30+,31+,32-,33+,35-,36+,37-,38+,39-,40-,41+,42+,46+/m0/s1. The molecule has 3 heterocycles. The SMILES string of the molecule is C=CC[C@@H]1/C=C(\C)C[C@H](C)C[C@H](OC)[C@H]2O[C@@](O)(C(=O)C(=O)N3CCCC[C@H]3C(=O)O[C@H](/C(C)=C/[C@@H]3CC[C@@H](O)[C@H](OC)C3)[C@H](C)[C@@H](O)C/C1=N/OCCO)[C@H](C)C[C@@H]2OC. The first-order valence-corrected chi connectivity index (χ1v) is 22.2. The fourth-order valence-electron chi connectivity index (χ4n) is 9.72. The van der Waals surface area contributed by atoms with E-state index in [1.54, 1.807) is 27.0 Å². The number of carbonyl (C=O) groups is 3. The van der Waals surface area contributed by atoms with Crippen LogP contribution in [0.25, 0.3) is 0 Å². The number of carbonyl (C=O) groups excluding carboxylic acids is 3. The van der Waals surface area contributed by atoms with E-state index < -0.39 is 77.9 Å². The lowest BCUT2D eigenvalue weighted by Gasteiger charge is -2.47. The first-order chi connectivity index (χ1) is 29.0. The number of piperidine rings is 1. The van der Waals surface area contributed by atoms with Crippen molar-refractivity contribution in [1.29, 1.82) is 0 Å². The summed E-state index contributed by atoms with van der Waals surface area (Å²) < 4.78 is 30.0. The predicted octanol–water partition coefficient (Wildman–Crippen LogP) is 4.43. The number of hydrogen-bond acceptors (Lipinski definition) is 14. The Hall–Kier alpha value is -3.02. The largest absolute Gasteiger partial charge is 0.456 e. The highest BCUT2D eigenvalue weighted by molar-refractivity contribution is 6.39. The van der Waals surface area contributed by atoms with Crippen LogP contribution in [0.4, 0.5) is 0 Å². The van der Waals surface area contributed by atoms with Crippen molar-refractivity contribution >= 4 is 23.4 Å². The number of esters is 1. The normalized spacial score (nSPS) is 39.7. The van der Waals surface area contributed by atoms with Gasteiger partial charge in [0.1, 0.15) is 24.9 Å². The second-order valence-electron chi connectivity index (χ2n) is 17.9. The first kappa shape index (κ1) is 50.6. The number of aliphatic hydroxyl groups is 4. The molecule has 0 unspecified atom stereocenters. The van der Waals surface area contributed by atoms with Gasteiger partial charge in [-0.1, -0.05) is 49.7 Å². The summed E-state index contributed by atoms with van der Waals surface area (Å²) in [7, 11) is 4.63. The second-order valence-corrected chi connectivity index (χ2v) is 17.9. The molecule has 4 N–H and O–H groups in total. The van der Waals surface area contributed by atoms with E-state index in [4.69, 9.17) is 28.5 Å². The summed E-state index contributed by atoms with van der Waals surface area (Å²) in [5.41, 5.74) is 2.21. The molecule has 4 rings (SSSR count). The van der Waals surface area contributed by atoms with E-state index in [1.807, 2.05) is 19.9 Å². The molecule has 14 atom stereocenters. The molecule has 4 aliphatic rings. The van der Waals surface area contributed by atoms with Crippen molar-refractivity contribution < 1.29 is 63.3 Å². The fraction of sp³-hybridized carbons (Fsp3) is 0.783. The summed E-state index contributed by atoms with van der Waals surface area (Å²) in [4.78, 5) is 49.8. The number of aliphatic hydroxyl groups excluding tert-OH is 3. The van der Waals surface area contributed by atoms with Crippen LogP contribution in [0.15, 0.2) is 41.1 Å². The molecular weight excluding hydrogens is 789 g/mol. The average molecular weight is 863 g/mol. The van der Waals surface area contributed by atoms with Gasteiger partial charge in [-0.25, -0.2) is 4.79 Å². The molecular formula is C46H74N2O13. The van der Waals surface area contributed by atoms with Crippen LogP contribution >= 0.6 is 0 Å². The van der Waals surface area contributed by atoms with Gasteiger partial charge in [0.05, 0.1) is 42.8 Å². The maximum Gasteiger partial charge on any atom is 0.329 e. The number of allylic oxidation sites excluding steroid dienone is 4. The molecule has 3 aliphatic heterocycles. The predicted molar refractivity (Wildman–Crippen MR) is 228 cm³/mol. The number of methoxy groups -OCH3 is 3. The lowest BCUT2D eigenvalue weighted by Crippen LogP contribution is -2.64. The van der Waals surface area contributed by atoms with E-state index in [0.29, 0.717) is 62.7 Å². The Morgan fingerprint density at radius 3 is 2.31 bits per heavy atom.